The second-order valence-electron chi connectivity index (χ2n) is 5.02. The van der Waals surface area contributed by atoms with Gasteiger partial charge >= 0.3 is 0 Å². The van der Waals surface area contributed by atoms with Crippen molar-refractivity contribution in [1.82, 2.24) is 0 Å². The molecule has 1 aliphatic rings. The lowest BCUT2D eigenvalue weighted by atomic mass is 10.0. The molecule has 4 N–H and O–H groups in total. The Kier molecular flexibility index (Phi) is 4.19. The predicted octanol–water partition coefficient (Wildman–Crippen LogP) is 1.63. The quantitative estimate of drug-likeness (QED) is 0.560. The molecule has 108 valence electrons. The van der Waals surface area contributed by atoms with Crippen LogP contribution in [0.4, 0.5) is 17.1 Å². The first-order valence-corrected chi connectivity index (χ1v) is 6.58. The van der Waals surface area contributed by atoms with E-state index in [0.29, 0.717) is 30.8 Å². The van der Waals surface area contributed by atoms with Crippen molar-refractivity contribution in [3.63, 3.8) is 0 Å². The van der Waals surface area contributed by atoms with E-state index in [0.717, 1.165) is 12.0 Å². The third kappa shape index (κ3) is 3.24. The Morgan fingerprint density at radius 2 is 2.25 bits per heavy atom. The number of nitro benzene ring substituents is 1. The summed E-state index contributed by atoms with van der Waals surface area (Å²) < 4.78 is 0. The minimum atomic E-state index is -0.449. The highest BCUT2D eigenvalue weighted by Crippen LogP contribution is 2.34. The molecule has 0 spiro atoms. The van der Waals surface area contributed by atoms with E-state index in [1.165, 1.54) is 6.07 Å². The zero-order chi connectivity index (χ0) is 14.7. The summed E-state index contributed by atoms with van der Waals surface area (Å²) in [5.74, 6) is -0.107. The zero-order valence-corrected chi connectivity index (χ0v) is 11.3. The van der Waals surface area contributed by atoms with Crippen LogP contribution in [0, 0.1) is 10.1 Å². The van der Waals surface area contributed by atoms with E-state index in [2.05, 4.69) is 10.6 Å². The van der Waals surface area contributed by atoms with Crippen LogP contribution in [0.15, 0.2) is 12.1 Å². The zero-order valence-electron chi connectivity index (χ0n) is 11.3. The van der Waals surface area contributed by atoms with Crippen molar-refractivity contribution in [2.24, 2.45) is 5.73 Å². The van der Waals surface area contributed by atoms with Crippen LogP contribution in [0.5, 0.6) is 0 Å². The Morgan fingerprint density at radius 3 is 2.90 bits per heavy atom. The maximum atomic E-state index is 11.3. The van der Waals surface area contributed by atoms with Crippen molar-refractivity contribution in [2.45, 2.75) is 32.2 Å². The Bertz CT molecular complexity index is 543. The number of nitrogens with one attached hydrogen (secondary N) is 2. The summed E-state index contributed by atoms with van der Waals surface area (Å²) in [5, 5.41) is 16.8. The van der Waals surface area contributed by atoms with Crippen LogP contribution in [-0.4, -0.2) is 23.4 Å². The topological polar surface area (TPSA) is 110 Å². The number of fused-ring (bicyclic) bond motifs is 1. The number of aryl methyl sites for hydroxylation is 1. The van der Waals surface area contributed by atoms with Gasteiger partial charge in [0.2, 0.25) is 5.91 Å². The van der Waals surface area contributed by atoms with Gasteiger partial charge in [0.05, 0.1) is 10.6 Å². The minimum absolute atomic E-state index is 0.0318. The van der Waals surface area contributed by atoms with Crippen molar-refractivity contribution in [1.29, 1.82) is 0 Å². The predicted molar refractivity (Wildman–Crippen MR) is 76.8 cm³/mol. The summed E-state index contributed by atoms with van der Waals surface area (Å²) >= 11 is 0. The molecule has 0 aliphatic carbocycles. The van der Waals surface area contributed by atoms with Gasteiger partial charge in [-0.15, -0.1) is 0 Å². The van der Waals surface area contributed by atoms with Gasteiger partial charge < -0.3 is 16.4 Å². The van der Waals surface area contributed by atoms with Crippen LogP contribution in [0.1, 0.15) is 25.3 Å². The van der Waals surface area contributed by atoms with E-state index in [1.54, 1.807) is 6.07 Å². The number of carbonyl (C=O) groups is 1. The number of nitrogens with zero attached hydrogens (tertiary/aromatic N) is 1. The molecule has 7 nitrogen and oxygen atoms in total. The van der Waals surface area contributed by atoms with Gasteiger partial charge in [-0.1, -0.05) is 0 Å². The van der Waals surface area contributed by atoms with Gasteiger partial charge in [0.25, 0.3) is 5.69 Å². The fourth-order valence-electron chi connectivity index (χ4n) is 2.14. The first-order valence-electron chi connectivity index (χ1n) is 6.58. The van der Waals surface area contributed by atoms with Gasteiger partial charge in [-0.3, -0.25) is 14.9 Å². The second kappa shape index (κ2) is 5.87. The average molecular weight is 278 g/mol. The maximum Gasteiger partial charge on any atom is 0.294 e. The maximum absolute atomic E-state index is 11.3. The van der Waals surface area contributed by atoms with Gasteiger partial charge in [-0.25, -0.2) is 0 Å². The van der Waals surface area contributed by atoms with E-state index in [9.17, 15) is 14.9 Å². The second-order valence-corrected chi connectivity index (χ2v) is 5.02. The van der Waals surface area contributed by atoms with E-state index in [-0.39, 0.29) is 17.6 Å². The van der Waals surface area contributed by atoms with E-state index < -0.39 is 4.92 Å². The summed E-state index contributed by atoms with van der Waals surface area (Å²) in [6, 6.07) is 3.20. The number of rotatable bonds is 5. The molecule has 1 aliphatic heterocycles. The van der Waals surface area contributed by atoms with E-state index >= 15 is 0 Å². The third-order valence-corrected chi connectivity index (χ3v) is 3.23. The molecule has 1 unspecified atom stereocenters. The van der Waals surface area contributed by atoms with Gasteiger partial charge in [-0.05, 0) is 31.4 Å². The molecule has 1 aromatic carbocycles. The Balaban J connectivity index is 2.25. The van der Waals surface area contributed by atoms with E-state index in [1.807, 2.05) is 6.92 Å². The summed E-state index contributed by atoms with van der Waals surface area (Å²) in [5.41, 5.74) is 7.55. The minimum Gasteiger partial charge on any atom is -0.379 e. The molecule has 1 aromatic rings. The molecule has 1 atom stereocenters. The van der Waals surface area contributed by atoms with Crippen LogP contribution in [0.3, 0.4) is 0 Å². The lowest BCUT2D eigenvalue weighted by Gasteiger charge is -2.18. The lowest BCUT2D eigenvalue weighted by molar-refractivity contribution is -0.383. The summed E-state index contributed by atoms with van der Waals surface area (Å²) in [4.78, 5) is 22.0. The van der Waals surface area contributed by atoms with Crippen molar-refractivity contribution < 1.29 is 9.72 Å². The number of nitro groups is 1. The number of carbonyl (C=O) groups excluding carboxylic acids is 1. The molecular formula is C13H18N4O3. The van der Waals surface area contributed by atoms with Crippen molar-refractivity contribution in [3.05, 3.63) is 27.8 Å². The standard InChI is InChI=1S/C13H18N4O3/c1-8(14)4-5-15-11-6-9-2-3-13(18)16-10(9)7-12(11)17(19)20/h6-8,15H,2-5,14H2,1H3,(H,16,18). The summed E-state index contributed by atoms with van der Waals surface area (Å²) in [6.45, 7) is 2.46. The summed E-state index contributed by atoms with van der Waals surface area (Å²) in [7, 11) is 0. The molecule has 0 aromatic heterocycles. The largest absolute Gasteiger partial charge is 0.379 e. The van der Waals surface area contributed by atoms with Gasteiger partial charge in [-0.2, -0.15) is 0 Å². The molecule has 1 amide bonds. The van der Waals surface area contributed by atoms with Crippen LogP contribution < -0.4 is 16.4 Å². The molecule has 0 fully saturated rings. The molecule has 0 radical (unpaired) electrons. The number of nitrogens with two attached hydrogens (primary N) is 1. The average Bonchev–Trinajstić information content (AvgIpc) is 2.37. The molecule has 0 saturated carbocycles. The van der Waals surface area contributed by atoms with Crippen molar-refractivity contribution >= 4 is 23.0 Å². The number of benzene rings is 1. The Hall–Kier alpha value is -2.15. The number of anilines is 2. The smallest absolute Gasteiger partial charge is 0.294 e. The monoisotopic (exact) mass is 278 g/mol. The highest BCUT2D eigenvalue weighted by Gasteiger charge is 2.22. The molecule has 20 heavy (non-hydrogen) atoms. The first kappa shape index (κ1) is 14.3. The number of amides is 1. The molecular weight excluding hydrogens is 260 g/mol. The fourth-order valence-corrected chi connectivity index (χ4v) is 2.14. The SMILES string of the molecule is CC(N)CCNc1cc2c(cc1[N+](=O)[O-])NC(=O)CC2. The van der Waals surface area contributed by atoms with E-state index in [4.69, 9.17) is 5.73 Å². The lowest BCUT2D eigenvalue weighted by Crippen LogP contribution is -2.21. The van der Waals surface area contributed by atoms with Gasteiger partial charge in [0.15, 0.2) is 0 Å². The van der Waals surface area contributed by atoms with Crippen LogP contribution in [-0.2, 0) is 11.2 Å². The molecule has 0 saturated heterocycles. The van der Waals surface area contributed by atoms with Crippen molar-refractivity contribution in [3.8, 4) is 0 Å². The summed E-state index contributed by atoms with van der Waals surface area (Å²) in [6.07, 6.45) is 1.73. The molecule has 0 bridgehead atoms. The highest BCUT2D eigenvalue weighted by atomic mass is 16.6. The molecule has 7 heteroatoms. The Labute approximate surface area is 116 Å². The Morgan fingerprint density at radius 1 is 1.50 bits per heavy atom. The van der Waals surface area contributed by atoms with Crippen LogP contribution in [0.2, 0.25) is 0 Å². The number of hydrogen-bond donors (Lipinski definition) is 3. The highest BCUT2D eigenvalue weighted by molar-refractivity contribution is 5.95. The first-order chi connectivity index (χ1) is 9.47. The van der Waals surface area contributed by atoms with Gasteiger partial charge in [0, 0.05) is 25.1 Å². The molecule has 1 heterocycles. The fraction of sp³-hybridized carbons (Fsp3) is 0.462. The van der Waals surface area contributed by atoms with Gasteiger partial charge in [0.1, 0.15) is 5.69 Å². The molecule has 2 rings (SSSR count). The normalized spacial score (nSPS) is 15.2. The number of hydrogen-bond acceptors (Lipinski definition) is 5. The van der Waals surface area contributed by atoms with Crippen molar-refractivity contribution in [2.75, 3.05) is 17.2 Å². The van der Waals surface area contributed by atoms with Crippen LogP contribution >= 0.6 is 0 Å². The van der Waals surface area contributed by atoms with Crippen LogP contribution in [0.25, 0.3) is 0 Å². The third-order valence-electron chi connectivity index (χ3n) is 3.23.